The molecule has 0 radical (unpaired) electrons. The molecule has 2 aromatic heterocycles. The van der Waals surface area contributed by atoms with E-state index in [4.69, 9.17) is 0 Å². The van der Waals surface area contributed by atoms with Gasteiger partial charge in [0.25, 0.3) is 0 Å². The standard InChI is InChI=1S/C20H20N4O2S/c1-23-11-16(9-22-23)15-4-5-19-17(7-15)18-12-24(13-20(18)27(19,25)26)10-14-3-2-6-21-8-14/h2-9,11,18,20H,10,12-13H2,1H3/t18-,20-/m0/s1. The fraction of sp³-hybridized carbons (Fsp3) is 0.300. The smallest absolute Gasteiger partial charge is 0.183 e. The molecular formula is C20H20N4O2S. The first-order valence-electron chi connectivity index (χ1n) is 9.00. The van der Waals surface area contributed by atoms with Gasteiger partial charge >= 0.3 is 0 Å². The molecule has 0 unspecified atom stereocenters. The molecule has 6 nitrogen and oxygen atoms in total. The van der Waals surface area contributed by atoms with E-state index in [0.29, 0.717) is 11.4 Å². The van der Waals surface area contributed by atoms with Crippen LogP contribution in [0.4, 0.5) is 0 Å². The van der Waals surface area contributed by atoms with E-state index in [-0.39, 0.29) is 11.2 Å². The fourth-order valence-electron chi connectivity index (χ4n) is 4.35. The summed E-state index contributed by atoms with van der Waals surface area (Å²) < 4.78 is 27.9. The van der Waals surface area contributed by atoms with Crippen LogP contribution >= 0.6 is 0 Å². The third-order valence-corrected chi connectivity index (χ3v) is 7.88. The number of aromatic nitrogens is 3. The summed E-state index contributed by atoms with van der Waals surface area (Å²) in [6.07, 6.45) is 7.36. The highest BCUT2D eigenvalue weighted by molar-refractivity contribution is 7.92. The molecule has 0 amide bonds. The van der Waals surface area contributed by atoms with Crippen LogP contribution in [0.5, 0.6) is 0 Å². The van der Waals surface area contributed by atoms with Gasteiger partial charge in [0.05, 0.1) is 16.3 Å². The number of hydrogen-bond acceptors (Lipinski definition) is 5. The Hall–Kier alpha value is -2.51. The molecule has 0 spiro atoms. The van der Waals surface area contributed by atoms with Gasteiger partial charge in [-0.15, -0.1) is 0 Å². The molecule has 0 bridgehead atoms. The molecule has 0 saturated carbocycles. The monoisotopic (exact) mass is 380 g/mol. The lowest BCUT2D eigenvalue weighted by molar-refractivity contribution is 0.325. The SMILES string of the molecule is Cn1cc(-c2ccc3c(c2)[C@@H]2CN(Cc4cccnc4)C[C@@H]2S3(=O)=O)cn1. The molecular weight excluding hydrogens is 360 g/mol. The van der Waals surface area contributed by atoms with Gasteiger partial charge in [0, 0.05) is 56.8 Å². The number of likely N-dealkylation sites (tertiary alicyclic amines) is 1. The van der Waals surface area contributed by atoms with Crippen LogP contribution in [0.15, 0.2) is 60.0 Å². The van der Waals surface area contributed by atoms with Crippen molar-refractivity contribution >= 4 is 9.84 Å². The minimum absolute atomic E-state index is 0.0262. The van der Waals surface area contributed by atoms with Crippen molar-refractivity contribution in [2.75, 3.05) is 13.1 Å². The van der Waals surface area contributed by atoms with Crippen molar-refractivity contribution in [1.29, 1.82) is 0 Å². The average Bonchev–Trinajstić information content (AvgIpc) is 3.33. The van der Waals surface area contributed by atoms with Gasteiger partial charge < -0.3 is 0 Å². The van der Waals surface area contributed by atoms with Crippen molar-refractivity contribution < 1.29 is 8.42 Å². The van der Waals surface area contributed by atoms with Crippen LogP contribution in [-0.2, 0) is 23.4 Å². The quantitative estimate of drug-likeness (QED) is 0.697. The van der Waals surface area contributed by atoms with Crippen molar-refractivity contribution in [2.24, 2.45) is 7.05 Å². The van der Waals surface area contributed by atoms with Crippen molar-refractivity contribution in [3.63, 3.8) is 0 Å². The zero-order chi connectivity index (χ0) is 18.6. The first-order valence-corrected chi connectivity index (χ1v) is 10.5. The summed E-state index contributed by atoms with van der Waals surface area (Å²) in [7, 11) is -1.40. The van der Waals surface area contributed by atoms with Gasteiger partial charge in [-0.25, -0.2) is 8.42 Å². The maximum atomic E-state index is 13.1. The number of nitrogens with zero attached hydrogens (tertiary/aromatic N) is 4. The van der Waals surface area contributed by atoms with Crippen LogP contribution in [0.2, 0.25) is 0 Å². The van der Waals surface area contributed by atoms with Gasteiger partial charge in [0.1, 0.15) is 0 Å². The number of hydrogen-bond donors (Lipinski definition) is 0. The number of aryl methyl sites for hydroxylation is 1. The molecule has 1 aromatic carbocycles. The molecule has 5 rings (SSSR count). The Morgan fingerprint density at radius 1 is 1.15 bits per heavy atom. The van der Waals surface area contributed by atoms with E-state index in [1.807, 2.05) is 49.9 Å². The number of sulfone groups is 1. The highest BCUT2D eigenvalue weighted by Gasteiger charge is 2.50. The second kappa shape index (κ2) is 6.00. The maximum Gasteiger partial charge on any atom is 0.183 e. The zero-order valence-corrected chi connectivity index (χ0v) is 15.8. The summed E-state index contributed by atoms with van der Waals surface area (Å²) in [5.74, 6) is 0.0262. The van der Waals surface area contributed by atoms with E-state index in [1.54, 1.807) is 16.9 Å². The Morgan fingerprint density at radius 3 is 2.78 bits per heavy atom. The number of rotatable bonds is 3. The number of fused-ring (bicyclic) bond motifs is 3. The summed E-state index contributed by atoms with van der Waals surface area (Å²) in [6.45, 7) is 2.05. The van der Waals surface area contributed by atoms with Crippen LogP contribution < -0.4 is 0 Å². The van der Waals surface area contributed by atoms with E-state index in [9.17, 15) is 8.42 Å². The van der Waals surface area contributed by atoms with Gasteiger partial charge in [-0.2, -0.15) is 5.10 Å². The van der Waals surface area contributed by atoms with Crippen molar-refractivity contribution in [3.05, 3.63) is 66.2 Å². The molecule has 3 aromatic rings. The lowest BCUT2D eigenvalue weighted by atomic mass is 9.95. The molecule has 0 aliphatic carbocycles. The lowest BCUT2D eigenvalue weighted by Crippen LogP contribution is -2.25. The van der Waals surface area contributed by atoms with Crippen LogP contribution in [0.25, 0.3) is 11.1 Å². The van der Waals surface area contributed by atoms with Gasteiger partial charge in [0.15, 0.2) is 9.84 Å². The lowest BCUT2D eigenvalue weighted by Gasteiger charge is -2.17. The van der Waals surface area contributed by atoms with Crippen LogP contribution in [0, 0.1) is 0 Å². The molecule has 2 aliphatic heterocycles. The fourth-order valence-corrected chi connectivity index (χ4v) is 6.55. The highest BCUT2D eigenvalue weighted by atomic mass is 32.2. The highest BCUT2D eigenvalue weighted by Crippen LogP contribution is 2.46. The molecule has 2 atom stereocenters. The Balaban J connectivity index is 1.48. The molecule has 1 fully saturated rings. The van der Waals surface area contributed by atoms with E-state index in [2.05, 4.69) is 15.0 Å². The predicted octanol–water partition coefficient (Wildman–Crippen LogP) is 2.24. The van der Waals surface area contributed by atoms with Crippen molar-refractivity contribution in [1.82, 2.24) is 19.7 Å². The van der Waals surface area contributed by atoms with Crippen molar-refractivity contribution in [2.45, 2.75) is 22.6 Å². The molecule has 1 saturated heterocycles. The van der Waals surface area contributed by atoms with E-state index >= 15 is 0 Å². The molecule has 4 heterocycles. The maximum absolute atomic E-state index is 13.1. The summed E-state index contributed by atoms with van der Waals surface area (Å²) in [4.78, 5) is 6.89. The number of benzene rings is 1. The van der Waals surface area contributed by atoms with Gasteiger partial charge in [0.2, 0.25) is 0 Å². The van der Waals surface area contributed by atoms with Crippen LogP contribution in [0.3, 0.4) is 0 Å². The molecule has 27 heavy (non-hydrogen) atoms. The van der Waals surface area contributed by atoms with Gasteiger partial charge in [-0.1, -0.05) is 12.1 Å². The first-order chi connectivity index (χ1) is 13.0. The van der Waals surface area contributed by atoms with E-state index in [1.165, 1.54) is 0 Å². The third kappa shape index (κ3) is 2.69. The second-order valence-electron chi connectivity index (χ2n) is 7.40. The van der Waals surface area contributed by atoms with Crippen LogP contribution in [-0.4, -0.2) is 46.4 Å². The van der Waals surface area contributed by atoms with E-state index < -0.39 is 9.84 Å². The molecule has 7 heteroatoms. The summed E-state index contributed by atoms with van der Waals surface area (Å²) in [5.41, 5.74) is 4.09. The summed E-state index contributed by atoms with van der Waals surface area (Å²) in [5, 5.41) is 3.87. The Bertz CT molecular complexity index is 1110. The normalized spacial score (nSPS) is 23.3. The Labute approximate surface area is 158 Å². The van der Waals surface area contributed by atoms with E-state index in [0.717, 1.165) is 35.3 Å². The topological polar surface area (TPSA) is 68.1 Å². The molecule has 0 N–H and O–H groups in total. The molecule has 2 aliphatic rings. The summed E-state index contributed by atoms with van der Waals surface area (Å²) in [6, 6.07) is 9.66. The third-order valence-electron chi connectivity index (χ3n) is 5.62. The minimum Gasteiger partial charge on any atom is -0.297 e. The minimum atomic E-state index is -3.28. The molecule has 138 valence electrons. The second-order valence-corrected chi connectivity index (χ2v) is 9.54. The van der Waals surface area contributed by atoms with Crippen molar-refractivity contribution in [3.8, 4) is 11.1 Å². The number of pyridine rings is 1. The first kappa shape index (κ1) is 16.6. The van der Waals surface area contributed by atoms with Gasteiger partial charge in [-0.3, -0.25) is 14.6 Å². The predicted molar refractivity (Wildman–Crippen MR) is 102 cm³/mol. The van der Waals surface area contributed by atoms with Gasteiger partial charge in [-0.05, 0) is 34.9 Å². The van der Waals surface area contributed by atoms with Crippen LogP contribution in [0.1, 0.15) is 17.0 Å². The summed E-state index contributed by atoms with van der Waals surface area (Å²) >= 11 is 0. The zero-order valence-electron chi connectivity index (χ0n) is 15.0. The Kier molecular flexibility index (Phi) is 3.70. The Morgan fingerprint density at radius 2 is 2.04 bits per heavy atom. The largest absolute Gasteiger partial charge is 0.297 e. The average molecular weight is 380 g/mol.